The van der Waals surface area contributed by atoms with Gasteiger partial charge in [-0.25, -0.2) is 0 Å². The maximum Gasteiger partial charge on any atom is 0.306 e. The first kappa shape index (κ1) is 66.8. The van der Waals surface area contributed by atoms with Crippen molar-refractivity contribution in [3.63, 3.8) is 0 Å². The molecule has 402 valence electrons. The average molecular weight is 984 g/mol. The topological polar surface area (TPSA) is 78.9 Å². The monoisotopic (exact) mass is 983 g/mol. The molecule has 0 N–H and O–H groups in total. The summed E-state index contributed by atoms with van der Waals surface area (Å²) in [6.07, 6.45) is 80.6. The molecule has 71 heavy (non-hydrogen) atoms. The Morgan fingerprint density at radius 1 is 0.296 bits per heavy atom. The molecule has 1 atom stereocenters. The van der Waals surface area contributed by atoms with Crippen LogP contribution in [0.25, 0.3) is 0 Å². The third kappa shape index (κ3) is 56.6. The highest BCUT2D eigenvalue weighted by atomic mass is 16.6. The molecule has 0 heterocycles. The number of ether oxygens (including phenoxy) is 3. The van der Waals surface area contributed by atoms with E-state index in [1.54, 1.807) is 0 Å². The second-order valence-electron chi connectivity index (χ2n) is 18.8. The van der Waals surface area contributed by atoms with Crippen LogP contribution in [0.5, 0.6) is 0 Å². The molecule has 0 aliphatic carbocycles. The molecule has 0 fully saturated rings. The number of carbonyl (C=O) groups is 3. The molecule has 6 heteroatoms. The van der Waals surface area contributed by atoms with E-state index in [2.05, 4.69) is 136 Å². The van der Waals surface area contributed by atoms with Crippen LogP contribution in [0.2, 0.25) is 0 Å². The van der Waals surface area contributed by atoms with Gasteiger partial charge in [-0.15, -0.1) is 0 Å². The Balaban J connectivity index is 4.43. The van der Waals surface area contributed by atoms with Crippen LogP contribution < -0.4 is 0 Å². The number of hydrogen-bond acceptors (Lipinski definition) is 6. The van der Waals surface area contributed by atoms with Gasteiger partial charge in [0.25, 0.3) is 0 Å². The number of rotatable bonds is 51. The third-order valence-electron chi connectivity index (χ3n) is 12.0. The van der Waals surface area contributed by atoms with E-state index in [9.17, 15) is 14.4 Å². The second kappa shape index (κ2) is 58.4. The standard InChI is InChI=1S/C65H106O6/c1-4-7-10-13-16-19-22-24-26-28-30-31-32-33-35-36-38-40-43-46-49-52-55-58-64(67)70-61-62(60-69-63(66)57-54-51-48-45-42-21-18-15-12-9-6-3)71-65(68)59-56-53-50-47-44-41-39-37-34-29-27-25-23-20-17-14-11-8-5-2/h7-8,10-11,16-17,19-20,24-27,30-31,34,37,41,44,50,53,62H,4-6,9,12-15,18,21-23,28-29,32-33,35-36,38-40,42-43,45-49,51-52,54-61H2,1-3H3/b10-7-,11-8-,19-16-,20-17-,26-24-,27-25-,31-30-,37-34-,44-41-,53-50-. The summed E-state index contributed by atoms with van der Waals surface area (Å²) in [5.74, 6) is -1.00. The molecular formula is C65H106O6. The van der Waals surface area contributed by atoms with Gasteiger partial charge < -0.3 is 14.2 Å². The van der Waals surface area contributed by atoms with E-state index < -0.39 is 12.1 Å². The van der Waals surface area contributed by atoms with Crippen molar-refractivity contribution >= 4 is 17.9 Å². The Morgan fingerprint density at radius 2 is 0.577 bits per heavy atom. The van der Waals surface area contributed by atoms with E-state index >= 15 is 0 Å². The van der Waals surface area contributed by atoms with Gasteiger partial charge in [0.05, 0.1) is 0 Å². The minimum Gasteiger partial charge on any atom is -0.462 e. The molecule has 0 spiro atoms. The molecule has 0 aromatic carbocycles. The van der Waals surface area contributed by atoms with Crippen molar-refractivity contribution in [3.05, 3.63) is 122 Å². The predicted molar refractivity (Wildman–Crippen MR) is 306 cm³/mol. The number of allylic oxidation sites excluding steroid dienone is 20. The largest absolute Gasteiger partial charge is 0.462 e. The third-order valence-corrected chi connectivity index (χ3v) is 12.0. The summed E-state index contributed by atoms with van der Waals surface area (Å²) < 4.78 is 16.8. The second-order valence-corrected chi connectivity index (χ2v) is 18.8. The van der Waals surface area contributed by atoms with Crippen LogP contribution in [0.3, 0.4) is 0 Å². The van der Waals surface area contributed by atoms with E-state index in [4.69, 9.17) is 14.2 Å². The van der Waals surface area contributed by atoms with Crippen LogP contribution in [0.15, 0.2) is 122 Å². The minimum absolute atomic E-state index is 0.110. The van der Waals surface area contributed by atoms with Crippen molar-refractivity contribution in [2.24, 2.45) is 0 Å². The van der Waals surface area contributed by atoms with Gasteiger partial charge >= 0.3 is 17.9 Å². The van der Waals surface area contributed by atoms with E-state index in [0.717, 1.165) is 103 Å². The molecule has 0 rings (SSSR count). The van der Waals surface area contributed by atoms with Gasteiger partial charge in [0.15, 0.2) is 6.10 Å². The SMILES string of the molecule is CC/C=C\C/C=C\C/C=C\C/C=C\C/C=C\C/C=C\CCC(=O)OC(COC(=O)CCCCCCCCCCCCC)COC(=O)CCCCCCCCCCCC/C=C\C/C=C\C/C=C\C/C=C\CC. The fraction of sp³-hybridized carbons (Fsp3) is 0.646. The molecule has 0 aromatic heterocycles. The average Bonchev–Trinajstić information content (AvgIpc) is 3.37. The number of esters is 3. The highest BCUT2D eigenvalue weighted by molar-refractivity contribution is 5.71. The van der Waals surface area contributed by atoms with Crippen LogP contribution in [-0.2, 0) is 28.6 Å². The van der Waals surface area contributed by atoms with Crippen LogP contribution in [0.4, 0.5) is 0 Å². The van der Waals surface area contributed by atoms with E-state index in [1.807, 2.05) is 6.08 Å². The van der Waals surface area contributed by atoms with Crippen molar-refractivity contribution in [3.8, 4) is 0 Å². The summed E-state index contributed by atoms with van der Waals surface area (Å²) >= 11 is 0. The lowest BCUT2D eigenvalue weighted by Gasteiger charge is -2.18. The first-order valence-corrected chi connectivity index (χ1v) is 29.0. The van der Waals surface area contributed by atoms with Crippen molar-refractivity contribution in [1.29, 1.82) is 0 Å². The van der Waals surface area contributed by atoms with E-state index in [-0.39, 0.29) is 31.6 Å². The lowest BCUT2D eigenvalue weighted by atomic mass is 10.1. The molecule has 1 unspecified atom stereocenters. The maximum atomic E-state index is 12.8. The molecular weight excluding hydrogens is 877 g/mol. The fourth-order valence-electron chi connectivity index (χ4n) is 7.69. The van der Waals surface area contributed by atoms with Gasteiger partial charge in [-0.3, -0.25) is 14.4 Å². The summed E-state index contributed by atoms with van der Waals surface area (Å²) in [5.41, 5.74) is 0. The number of unbranched alkanes of at least 4 members (excludes halogenated alkanes) is 20. The predicted octanol–water partition coefficient (Wildman–Crippen LogP) is 19.6. The van der Waals surface area contributed by atoms with Gasteiger partial charge in [-0.1, -0.05) is 258 Å². The first-order chi connectivity index (χ1) is 35.0. The van der Waals surface area contributed by atoms with Gasteiger partial charge in [0.1, 0.15) is 13.2 Å². The summed E-state index contributed by atoms with van der Waals surface area (Å²) in [6.45, 7) is 6.34. The molecule has 0 radical (unpaired) electrons. The van der Waals surface area contributed by atoms with Gasteiger partial charge in [0.2, 0.25) is 0 Å². The number of carbonyl (C=O) groups excluding carboxylic acids is 3. The highest BCUT2D eigenvalue weighted by Crippen LogP contribution is 2.15. The van der Waals surface area contributed by atoms with Crippen molar-refractivity contribution in [1.82, 2.24) is 0 Å². The molecule has 0 aliphatic rings. The normalized spacial score (nSPS) is 13.0. The van der Waals surface area contributed by atoms with Crippen molar-refractivity contribution in [2.45, 2.75) is 258 Å². The Labute approximate surface area is 437 Å². The first-order valence-electron chi connectivity index (χ1n) is 29.0. The summed E-state index contributed by atoms with van der Waals surface area (Å²) in [7, 11) is 0. The van der Waals surface area contributed by atoms with E-state index in [0.29, 0.717) is 19.3 Å². The quantitative estimate of drug-likeness (QED) is 0.0261. The van der Waals surface area contributed by atoms with Gasteiger partial charge in [-0.05, 0) is 96.3 Å². The smallest absolute Gasteiger partial charge is 0.306 e. The molecule has 0 saturated heterocycles. The highest BCUT2D eigenvalue weighted by Gasteiger charge is 2.19. The Bertz CT molecular complexity index is 1500. The maximum absolute atomic E-state index is 12.8. The molecule has 6 nitrogen and oxygen atoms in total. The van der Waals surface area contributed by atoms with Crippen molar-refractivity contribution < 1.29 is 28.6 Å². The van der Waals surface area contributed by atoms with Crippen LogP contribution in [0.1, 0.15) is 252 Å². The van der Waals surface area contributed by atoms with Gasteiger partial charge in [0, 0.05) is 19.3 Å². The van der Waals surface area contributed by atoms with Gasteiger partial charge in [-0.2, -0.15) is 0 Å². The molecule has 0 aliphatic heterocycles. The van der Waals surface area contributed by atoms with Crippen LogP contribution >= 0.6 is 0 Å². The van der Waals surface area contributed by atoms with Crippen molar-refractivity contribution in [2.75, 3.05) is 13.2 Å². The number of hydrogen-bond donors (Lipinski definition) is 0. The molecule has 0 saturated carbocycles. The lowest BCUT2D eigenvalue weighted by molar-refractivity contribution is -0.166. The van der Waals surface area contributed by atoms with Crippen LogP contribution in [-0.4, -0.2) is 37.2 Å². The Kier molecular flexibility index (Phi) is 54.9. The zero-order chi connectivity index (χ0) is 51.4. The molecule has 0 bridgehead atoms. The molecule has 0 aromatic rings. The lowest BCUT2D eigenvalue weighted by Crippen LogP contribution is -2.30. The van der Waals surface area contributed by atoms with E-state index in [1.165, 1.54) is 103 Å². The zero-order valence-corrected chi connectivity index (χ0v) is 45.9. The van der Waals surface area contributed by atoms with Crippen LogP contribution in [0, 0.1) is 0 Å². The minimum atomic E-state index is -0.822. The fourth-order valence-corrected chi connectivity index (χ4v) is 7.69. The molecule has 0 amide bonds. The summed E-state index contributed by atoms with van der Waals surface area (Å²) in [6, 6.07) is 0. The summed E-state index contributed by atoms with van der Waals surface area (Å²) in [5, 5.41) is 0. The Morgan fingerprint density at radius 3 is 0.915 bits per heavy atom. The zero-order valence-electron chi connectivity index (χ0n) is 45.9. The summed E-state index contributed by atoms with van der Waals surface area (Å²) in [4.78, 5) is 38.1. The Hall–Kier alpha value is -4.19.